The Balaban J connectivity index is 1.14. The summed E-state index contributed by atoms with van der Waals surface area (Å²) in [6.45, 7) is 5.20. The van der Waals surface area contributed by atoms with Gasteiger partial charge in [0.25, 0.3) is 11.8 Å². The smallest absolute Gasteiger partial charge is 0.341 e. The number of carboxylic acid groups (broad SMARTS) is 1. The zero-order valence-electron chi connectivity index (χ0n) is 24.8. The monoisotopic (exact) mass is 633 g/mol. The van der Waals surface area contributed by atoms with E-state index in [-0.39, 0.29) is 53.7 Å². The van der Waals surface area contributed by atoms with Gasteiger partial charge >= 0.3 is 5.97 Å². The van der Waals surface area contributed by atoms with E-state index in [2.05, 4.69) is 5.32 Å². The van der Waals surface area contributed by atoms with Gasteiger partial charge in [-0.25, -0.2) is 9.18 Å². The SMILES string of the molecule is CCn1cc(C(=O)O)c(=O)c2cc(F)c(N3CCN(C(=O)C4=C(C)CS[C@@H]5[C@H](NC(=O)Cc6ccccc6)C(=O)N45)CC3)cc21. The van der Waals surface area contributed by atoms with Gasteiger partial charge in [0, 0.05) is 50.1 Å². The maximum atomic E-state index is 15.3. The summed E-state index contributed by atoms with van der Waals surface area (Å²) in [7, 11) is 0. The summed E-state index contributed by atoms with van der Waals surface area (Å²) in [5.41, 5.74) is 1.49. The zero-order chi connectivity index (χ0) is 32.0. The first-order valence-electron chi connectivity index (χ1n) is 14.7. The third kappa shape index (κ3) is 5.45. The van der Waals surface area contributed by atoms with Gasteiger partial charge in [0.1, 0.15) is 28.5 Å². The molecule has 0 unspecified atom stereocenters. The lowest BCUT2D eigenvalue weighted by molar-refractivity contribution is -0.149. The van der Waals surface area contributed by atoms with Crippen molar-refractivity contribution >= 4 is 52.0 Å². The van der Waals surface area contributed by atoms with Gasteiger partial charge in [-0.05, 0) is 37.1 Å². The molecule has 0 bridgehead atoms. The average molecular weight is 634 g/mol. The van der Waals surface area contributed by atoms with Gasteiger partial charge in [0.05, 0.1) is 17.6 Å². The maximum absolute atomic E-state index is 15.3. The highest BCUT2D eigenvalue weighted by atomic mass is 32.2. The van der Waals surface area contributed by atoms with Gasteiger partial charge in [-0.2, -0.15) is 0 Å². The molecule has 6 rings (SSSR count). The lowest BCUT2D eigenvalue weighted by Crippen LogP contribution is -2.71. The topological polar surface area (TPSA) is 132 Å². The Morgan fingerprint density at radius 2 is 1.78 bits per heavy atom. The molecule has 2 atom stereocenters. The summed E-state index contributed by atoms with van der Waals surface area (Å²) in [6.07, 6.45) is 1.43. The number of aromatic nitrogens is 1. The van der Waals surface area contributed by atoms with Crippen molar-refractivity contribution in [2.24, 2.45) is 0 Å². The molecular weight excluding hydrogens is 601 g/mol. The van der Waals surface area contributed by atoms with E-state index >= 15 is 4.39 Å². The van der Waals surface area contributed by atoms with Gasteiger partial charge < -0.3 is 24.8 Å². The van der Waals surface area contributed by atoms with E-state index in [1.165, 1.54) is 22.9 Å². The second-order valence-electron chi connectivity index (χ2n) is 11.3. The molecule has 2 fully saturated rings. The molecule has 4 heterocycles. The van der Waals surface area contributed by atoms with Crippen molar-refractivity contribution < 1.29 is 28.7 Å². The Hall–Kier alpha value is -4.65. The number of nitrogens with zero attached hydrogens (tertiary/aromatic N) is 4. The first-order valence-corrected chi connectivity index (χ1v) is 15.8. The number of carbonyl (C=O) groups is 4. The highest BCUT2D eigenvalue weighted by molar-refractivity contribution is 8.00. The Morgan fingerprint density at radius 3 is 2.44 bits per heavy atom. The number of halogens is 1. The number of carbonyl (C=O) groups excluding carboxylic acids is 3. The zero-order valence-corrected chi connectivity index (χ0v) is 25.6. The highest BCUT2D eigenvalue weighted by Gasteiger charge is 2.54. The first kappa shape index (κ1) is 30.4. The van der Waals surface area contributed by atoms with Crippen LogP contribution in [-0.4, -0.2) is 86.5 Å². The van der Waals surface area contributed by atoms with E-state index in [4.69, 9.17) is 0 Å². The standard InChI is InChI=1S/C32H32FN5O6S/c1-3-35-16-21(32(43)44)28(40)20-14-22(33)24(15-23(20)35)36-9-11-37(12-10-36)30(42)27-18(2)17-45-31-26(29(41)38(27)31)34-25(39)13-19-7-5-4-6-8-19/h4-8,14-16,26,31H,3,9-13,17H2,1-2H3,(H,34,39)(H,43,44)/t26-,31-/m1/s1. The average Bonchev–Trinajstić information content (AvgIpc) is 3.04. The molecule has 2 aromatic carbocycles. The van der Waals surface area contributed by atoms with Crippen LogP contribution in [0.2, 0.25) is 0 Å². The molecule has 0 spiro atoms. The summed E-state index contributed by atoms with van der Waals surface area (Å²) in [4.78, 5) is 68.8. The minimum Gasteiger partial charge on any atom is -0.477 e. The Bertz CT molecular complexity index is 1820. The number of hydrogen-bond acceptors (Lipinski definition) is 7. The molecule has 13 heteroatoms. The number of rotatable bonds is 7. The second-order valence-corrected chi connectivity index (χ2v) is 12.4. The Labute approximate surface area is 262 Å². The van der Waals surface area contributed by atoms with Crippen LogP contribution in [0.1, 0.15) is 29.8 Å². The molecule has 234 valence electrons. The van der Waals surface area contributed by atoms with Gasteiger partial charge in [0.15, 0.2) is 0 Å². The molecule has 0 aliphatic carbocycles. The van der Waals surface area contributed by atoms with Gasteiger partial charge in [-0.1, -0.05) is 30.3 Å². The van der Waals surface area contributed by atoms with E-state index in [0.717, 1.165) is 17.2 Å². The third-order valence-corrected chi connectivity index (χ3v) is 9.94. The molecule has 0 radical (unpaired) electrons. The predicted molar refractivity (Wildman–Crippen MR) is 167 cm³/mol. The van der Waals surface area contributed by atoms with E-state index < -0.39 is 28.8 Å². The number of aryl methyl sites for hydroxylation is 1. The number of aromatic carboxylic acids is 1. The van der Waals surface area contributed by atoms with Gasteiger partial charge in [0.2, 0.25) is 11.3 Å². The van der Waals surface area contributed by atoms with Crippen molar-refractivity contribution in [2.75, 3.05) is 36.8 Å². The minimum atomic E-state index is -1.37. The van der Waals surface area contributed by atoms with Crippen LogP contribution in [-0.2, 0) is 27.3 Å². The third-order valence-electron chi connectivity index (χ3n) is 8.51. The fraction of sp³-hybridized carbons (Fsp3) is 0.344. The van der Waals surface area contributed by atoms with Crippen molar-refractivity contribution in [1.29, 1.82) is 0 Å². The van der Waals surface area contributed by atoms with Crippen LogP contribution in [0.3, 0.4) is 0 Å². The summed E-state index contributed by atoms with van der Waals surface area (Å²) < 4.78 is 17.0. The molecule has 11 nitrogen and oxygen atoms in total. The van der Waals surface area contributed by atoms with E-state index in [0.29, 0.717) is 36.6 Å². The van der Waals surface area contributed by atoms with Crippen LogP contribution in [0, 0.1) is 5.82 Å². The van der Waals surface area contributed by atoms with Gasteiger partial charge in [-0.15, -0.1) is 11.8 Å². The molecule has 3 aromatic rings. The summed E-state index contributed by atoms with van der Waals surface area (Å²) in [5.74, 6) is -2.33. The van der Waals surface area contributed by atoms with E-state index in [1.54, 1.807) is 27.4 Å². The van der Waals surface area contributed by atoms with E-state index in [9.17, 15) is 29.1 Å². The van der Waals surface area contributed by atoms with Crippen LogP contribution in [0.4, 0.5) is 10.1 Å². The molecule has 45 heavy (non-hydrogen) atoms. The Morgan fingerprint density at radius 1 is 1.07 bits per heavy atom. The van der Waals surface area contributed by atoms with Crippen LogP contribution in [0.5, 0.6) is 0 Å². The van der Waals surface area contributed by atoms with Crippen molar-refractivity contribution in [2.45, 2.75) is 38.2 Å². The molecule has 2 N–H and O–H groups in total. The number of carboxylic acids is 1. The largest absolute Gasteiger partial charge is 0.477 e. The lowest BCUT2D eigenvalue weighted by Gasteiger charge is -2.50. The minimum absolute atomic E-state index is 0.00674. The predicted octanol–water partition coefficient (Wildman–Crippen LogP) is 2.42. The molecule has 3 aliphatic rings. The number of benzene rings is 2. The van der Waals surface area contributed by atoms with Gasteiger partial charge in [-0.3, -0.25) is 24.1 Å². The number of piperazine rings is 1. The van der Waals surface area contributed by atoms with Crippen molar-refractivity contribution in [1.82, 2.24) is 19.7 Å². The van der Waals surface area contributed by atoms with Crippen LogP contribution in [0.15, 0.2) is 64.7 Å². The normalized spacial score (nSPS) is 19.8. The second kappa shape index (κ2) is 12.0. The number of pyridine rings is 1. The Kier molecular flexibility index (Phi) is 8.12. The van der Waals surface area contributed by atoms with E-state index in [1.807, 2.05) is 37.3 Å². The number of nitrogens with one attached hydrogen (secondary N) is 1. The number of fused-ring (bicyclic) bond motifs is 2. The number of amides is 3. The molecule has 3 amide bonds. The van der Waals surface area contributed by atoms with Crippen molar-refractivity contribution in [3.8, 4) is 0 Å². The number of anilines is 1. The fourth-order valence-electron chi connectivity index (χ4n) is 6.14. The summed E-state index contributed by atoms with van der Waals surface area (Å²) in [6, 6.07) is 11.2. The quantitative estimate of drug-likeness (QED) is 0.380. The highest BCUT2D eigenvalue weighted by Crippen LogP contribution is 2.41. The molecular formula is C32H32FN5O6S. The van der Waals surface area contributed by atoms with Crippen LogP contribution >= 0.6 is 11.8 Å². The number of β-lactam (4-membered cyclic amide) rings is 1. The lowest BCUT2D eigenvalue weighted by atomic mass is 10.0. The molecule has 1 aromatic heterocycles. The van der Waals surface area contributed by atoms with Crippen LogP contribution in [0.25, 0.3) is 10.9 Å². The fourth-order valence-corrected chi connectivity index (χ4v) is 7.43. The summed E-state index contributed by atoms with van der Waals surface area (Å²) >= 11 is 1.51. The summed E-state index contributed by atoms with van der Waals surface area (Å²) in [5, 5.41) is 11.9. The molecule has 0 saturated carbocycles. The van der Waals surface area contributed by atoms with Crippen molar-refractivity contribution in [3.05, 3.63) is 87.1 Å². The van der Waals surface area contributed by atoms with Crippen LogP contribution < -0.4 is 15.6 Å². The maximum Gasteiger partial charge on any atom is 0.341 e. The molecule has 2 saturated heterocycles. The first-order chi connectivity index (χ1) is 21.6. The van der Waals surface area contributed by atoms with Crippen molar-refractivity contribution in [3.63, 3.8) is 0 Å². The number of thioether (sulfide) groups is 1. The number of hydrogen-bond donors (Lipinski definition) is 2. The molecule has 3 aliphatic heterocycles.